The fraction of sp³-hybridized carbons (Fsp3) is 0.538. The van der Waals surface area contributed by atoms with E-state index in [4.69, 9.17) is 14.2 Å². The highest BCUT2D eigenvalue weighted by Gasteiger charge is 2.26. The Labute approximate surface area is 124 Å². The molecule has 0 amide bonds. The molecule has 2 unspecified atom stereocenters. The van der Waals surface area contributed by atoms with E-state index in [-0.39, 0.29) is 10.9 Å². The van der Waals surface area contributed by atoms with Gasteiger partial charge >= 0.3 is 0 Å². The van der Waals surface area contributed by atoms with Gasteiger partial charge in [-0.2, -0.15) is 0 Å². The van der Waals surface area contributed by atoms with E-state index < -0.39 is 0 Å². The zero-order valence-corrected chi connectivity index (χ0v) is 13.4. The normalized spacial score (nSPS) is 21.6. The van der Waals surface area contributed by atoms with Gasteiger partial charge in [0, 0.05) is 10.0 Å². The Morgan fingerprint density at radius 2 is 2.28 bits per heavy atom. The van der Waals surface area contributed by atoms with Gasteiger partial charge < -0.3 is 14.2 Å². The molecule has 0 N–H and O–H groups in total. The van der Waals surface area contributed by atoms with E-state index in [9.17, 15) is 0 Å². The van der Waals surface area contributed by atoms with Gasteiger partial charge in [-0.25, -0.2) is 0 Å². The minimum Gasteiger partial charge on any atom is -0.494 e. The van der Waals surface area contributed by atoms with Crippen molar-refractivity contribution >= 4 is 31.9 Å². The van der Waals surface area contributed by atoms with Crippen molar-refractivity contribution in [1.82, 2.24) is 0 Å². The van der Waals surface area contributed by atoms with E-state index >= 15 is 0 Å². The van der Waals surface area contributed by atoms with Crippen LogP contribution in [0.15, 0.2) is 22.7 Å². The largest absolute Gasteiger partial charge is 0.494 e. The average molecular weight is 380 g/mol. The first-order valence-corrected chi connectivity index (χ1v) is 7.69. The molecule has 0 aromatic heterocycles. The van der Waals surface area contributed by atoms with Crippen molar-refractivity contribution in [2.24, 2.45) is 0 Å². The minimum atomic E-state index is 0.0206. The fourth-order valence-corrected chi connectivity index (χ4v) is 2.94. The lowest BCUT2D eigenvalue weighted by atomic mass is 10.1. The first-order valence-electron chi connectivity index (χ1n) is 5.98. The van der Waals surface area contributed by atoms with E-state index in [0.717, 1.165) is 15.8 Å². The molecule has 18 heavy (non-hydrogen) atoms. The Hall–Kier alpha value is -0.100. The quantitative estimate of drug-likeness (QED) is 0.746. The topological polar surface area (TPSA) is 27.7 Å². The van der Waals surface area contributed by atoms with Crippen LogP contribution in [0.2, 0.25) is 0 Å². The zero-order chi connectivity index (χ0) is 13.0. The number of ether oxygens (including phenoxy) is 3. The van der Waals surface area contributed by atoms with Crippen LogP contribution in [-0.4, -0.2) is 32.5 Å². The molecule has 100 valence electrons. The van der Waals surface area contributed by atoms with Gasteiger partial charge in [0.15, 0.2) is 0 Å². The van der Waals surface area contributed by atoms with E-state index in [0.29, 0.717) is 26.4 Å². The minimum absolute atomic E-state index is 0.0206. The number of hydrogen-bond donors (Lipinski definition) is 0. The van der Waals surface area contributed by atoms with E-state index in [2.05, 4.69) is 37.9 Å². The predicted molar refractivity (Wildman–Crippen MR) is 77.5 cm³/mol. The number of halogens is 2. The summed E-state index contributed by atoms with van der Waals surface area (Å²) in [4.78, 5) is 0.0665. The van der Waals surface area contributed by atoms with Crippen LogP contribution in [0.1, 0.15) is 17.3 Å². The van der Waals surface area contributed by atoms with Gasteiger partial charge in [-0.15, -0.1) is 0 Å². The maximum absolute atomic E-state index is 5.72. The molecule has 3 nitrogen and oxygen atoms in total. The maximum atomic E-state index is 5.72. The van der Waals surface area contributed by atoms with E-state index in [1.807, 2.05) is 19.1 Å². The van der Waals surface area contributed by atoms with Crippen LogP contribution in [-0.2, 0) is 9.47 Å². The van der Waals surface area contributed by atoms with Crippen molar-refractivity contribution in [3.05, 3.63) is 28.2 Å². The summed E-state index contributed by atoms with van der Waals surface area (Å²) in [6, 6.07) is 6.01. The smallest absolute Gasteiger partial charge is 0.123 e. The summed E-state index contributed by atoms with van der Waals surface area (Å²) >= 11 is 7.19. The highest BCUT2D eigenvalue weighted by molar-refractivity contribution is 9.10. The maximum Gasteiger partial charge on any atom is 0.123 e. The molecule has 0 saturated carbocycles. The van der Waals surface area contributed by atoms with Crippen molar-refractivity contribution in [1.29, 1.82) is 0 Å². The van der Waals surface area contributed by atoms with Crippen LogP contribution in [0.3, 0.4) is 0 Å². The Balaban J connectivity index is 2.21. The number of hydrogen-bond acceptors (Lipinski definition) is 3. The molecular weight excluding hydrogens is 364 g/mol. The molecule has 1 fully saturated rings. The summed E-state index contributed by atoms with van der Waals surface area (Å²) in [6.07, 6.45) is 0.0206. The summed E-state index contributed by atoms with van der Waals surface area (Å²) in [5, 5.41) is 0. The molecule has 0 bridgehead atoms. The van der Waals surface area contributed by atoms with Gasteiger partial charge in [0.05, 0.1) is 37.4 Å². The Morgan fingerprint density at radius 1 is 1.44 bits per heavy atom. The first kappa shape index (κ1) is 14.3. The Kier molecular flexibility index (Phi) is 5.48. The lowest BCUT2D eigenvalue weighted by molar-refractivity contribution is -0.0878. The third-order valence-corrected chi connectivity index (χ3v) is 4.31. The monoisotopic (exact) mass is 378 g/mol. The Morgan fingerprint density at radius 3 is 2.94 bits per heavy atom. The van der Waals surface area contributed by atoms with Crippen molar-refractivity contribution in [2.75, 3.05) is 26.4 Å². The molecule has 1 heterocycles. The van der Waals surface area contributed by atoms with Gasteiger partial charge in [0.25, 0.3) is 0 Å². The third-order valence-electron chi connectivity index (χ3n) is 2.74. The summed E-state index contributed by atoms with van der Waals surface area (Å²) < 4.78 is 17.9. The summed E-state index contributed by atoms with van der Waals surface area (Å²) in [5.74, 6) is 0.886. The zero-order valence-electron chi connectivity index (χ0n) is 10.2. The molecular formula is C13H16Br2O3. The molecule has 2 atom stereocenters. The van der Waals surface area contributed by atoms with Gasteiger partial charge in [-0.3, -0.25) is 0 Å². The van der Waals surface area contributed by atoms with Crippen molar-refractivity contribution in [3.63, 3.8) is 0 Å². The molecule has 5 heteroatoms. The van der Waals surface area contributed by atoms with Crippen LogP contribution in [0, 0.1) is 0 Å². The highest BCUT2D eigenvalue weighted by atomic mass is 79.9. The van der Waals surface area contributed by atoms with Crippen molar-refractivity contribution < 1.29 is 14.2 Å². The van der Waals surface area contributed by atoms with Crippen LogP contribution >= 0.6 is 31.9 Å². The second kappa shape index (κ2) is 6.89. The van der Waals surface area contributed by atoms with Crippen LogP contribution < -0.4 is 4.74 Å². The third kappa shape index (κ3) is 3.47. The fourth-order valence-electron chi connectivity index (χ4n) is 1.90. The highest BCUT2D eigenvalue weighted by Crippen LogP contribution is 2.37. The lowest BCUT2D eigenvalue weighted by Crippen LogP contribution is -2.31. The van der Waals surface area contributed by atoms with Crippen molar-refractivity contribution in [2.45, 2.75) is 17.9 Å². The SMILES string of the molecule is CCOc1ccc(Br)cc1C(Br)C1COCCO1. The van der Waals surface area contributed by atoms with Gasteiger partial charge in [-0.1, -0.05) is 31.9 Å². The Bertz CT molecular complexity index is 392. The number of rotatable bonds is 4. The van der Waals surface area contributed by atoms with E-state index in [1.165, 1.54) is 0 Å². The first-order chi connectivity index (χ1) is 8.72. The molecule has 1 aromatic rings. The van der Waals surface area contributed by atoms with Crippen LogP contribution in [0.5, 0.6) is 5.75 Å². The molecule has 0 aliphatic carbocycles. The average Bonchev–Trinajstić information content (AvgIpc) is 2.41. The second-order valence-corrected chi connectivity index (χ2v) is 5.90. The summed E-state index contributed by atoms with van der Waals surface area (Å²) in [5.41, 5.74) is 1.08. The van der Waals surface area contributed by atoms with Crippen LogP contribution in [0.25, 0.3) is 0 Å². The molecule has 2 rings (SSSR count). The molecule has 0 radical (unpaired) electrons. The van der Waals surface area contributed by atoms with Crippen LogP contribution in [0.4, 0.5) is 0 Å². The molecule has 0 spiro atoms. The number of benzene rings is 1. The van der Waals surface area contributed by atoms with Gasteiger partial charge in [0.2, 0.25) is 0 Å². The summed E-state index contributed by atoms with van der Waals surface area (Å²) in [6.45, 7) is 4.55. The molecule has 1 saturated heterocycles. The molecule has 1 aromatic carbocycles. The van der Waals surface area contributed by atoms with Crippen molar-refractivity contribution in [3.8, 4) is 5.75 Å². The predicted octanol–water partition coefficient (Wildman–Crippen LogP) is 3.70. The lowest BCUT2D eigenvalue weighted by Gasteiger charge is -2.28. The van der Waals surface area contributed by atoms with E-state index in [1.54, 1.807) is 0 Å². The standard InChI is InChI=1S/C13H16Br2O3/c1-2-17-11-4-3-9(14)7-10(11)13(15)12-8-16-5-6-18-12/h3-4,7,12-13H,2,5-6,8H2,1H3. The molecule has 1 aliphatic rings. The number of alkyl halides is 1. The second-order valence-electron chi connectivity index (χ2n) is 4.00. The molecule has 1 aliphatic heterocycles. The summed E-state index contributed by atoms with van der Waals surface area (Å²) in [7, 11) is 0. The van der Waals surface area contributed by atoms with Gasteiger partial charge in [0.1, 0.15) is 5.75 Å². The van der Waals surface area contributed by atoms with Gasteiger partial charge in [-0.05, 0) is 25.1 Å².